The maximum Gasteiger partial charge on any atom is 0.312 e. The van der Waals surface area contributed by atoms with E-state index in [0.717, 1.165) is 12.2 Å². The molecule has 0 N–H and O–H groups in total. The number of nitro groups is 1. The average Bonchev–Trinajstić information content (AvgIpc) is 3.10. The highest BCUT2D eigenvalue weighted by Gasteiger charge is 2.25. The molecule has 0 aliphatic heterocycles. The molecule has 0 saturated heterocycles. The molecule has 1 amide bonds. The number of carbonyl (C=O) groups is 1. The molecule has 0 radical (unpaired) electrons. The van der Waals surface area contributed by atoms with Crippen molar-refractivity contribution in [2.45, 2.75) is 47.3 Å². The predicted octanol–water partition coefficient (Wildman–Crippen LogP) is 1.92. The number of hydrogen-bond acceptors (Lipinski definition) is 5. The molecule has 0 fully saturated rings. The number of aromatic nitrogens is 4. The lowest BCUT2D eigenvalue weighted by molar-refractivity contribution is -0.386. The van der Waals surface area contributed by atoms with Crippen LogP contribution in [0.15, 0.2) is 12.3 Å². The third-order valence-electron chi connectivity index (χ3n) is 4.19. The summed E-state index contributed by atoms with van der Waals surface area (Å²) < 4.78 is 3.35. The molecule has 0 aliphatic rings. The number of aryl methyl sites for hydroxylation is 2. The van der Waals surface area contributed by atoms with Gasteiger partial charge >= 0.3 is 5.69 Å². The molecule has 2 heterocycles. The Morgan fingerprint density at radius 3 is 2.60 bits per heavy atom. The van der Waals surface area contributed by atoms with Crippen LogP contribution >= 0.6 is 0 Å². The molecule has 2 aromatic heterocycles. The highest BCUT2D eigenvalue weighted by molar-refractivity contribution is 5.78. The third-order valence-corrected chi connectivity index (χ3v) is 4.19. The second-order valence-corrected chi connectivity index (χ2v) is 6.22. The van der Waals surface area contributed by atoms with Gasteiger partial charge in [0.25, 0.3) is 0 Å². The van der Waals surface area contributed by atoms with Crippen LogP contribution in [0.25, 0.3) is 0 Å². The number of amides is 1. The zero-order valence-electron chi connectivity index (χ0n) is 15.3. The fourth-order valence-electron chi connectivity index (χ4n) is 2.83. The standard InChI is InChI=1S/C16H24N6O3/c1-6-20-8-7-14(18-20)10-19(5)16(23)11(2)9-21-13(4)15(22(24)25)12(3)17-21/h7-8,11H,6,9-10H2,1-5H3. The summed E-state index contributed by atoms with van der Waals surface area (Å²) in [4.78, 5) is 24.8. The first-order valence-corrected chi connectivity index (χ1v) is 8.20. The van der Waals surface area contributed by atoms with Crippen molar-refractivity contribution in [3.63, 3.8) is 0 Å². The Bertz CT molecular complexity index is 779. The monoisotopic (exact) mass is 348 g/mol. The largest absolute Gasteiger partial charge is 0.339 e. The summed E-state index contributed by atoms with van der Waals surface area (Å²) in [7, 11) is 1.73. The zero-order valence-corrected chi connectivity index (χ0v) is 15.3. The zero-order chi connectivity index (χ0) is 18.7. The quantitative estimate of drug-likeness (QED) is 0.562. The van der Waals surface area contributed by atoms with Crippen LogP contribution in [0, 0.1) is 29.9 Å². The number of carbonyl (C=O) groups excluding carboxylic acids is 1. The van der Waals surface area contributed by atoms with E-state index >= 15 is 0 Å². The van der Waals surface area contributed by atoms with Crippen LogP contribution in [0.1, 0.15) is 30.9 Å². The van der Waals surface area contributed by atoms with E-state index in [-0.39, 0.29) is 17.5 Å². The Labute approximate surface area is 146 Å². The summed E-state index contributed by atoms with van der Waals surface area (Å²) in [6, 6.07) is 1.89. The predicted molar refractivity (Wildman–Crippen MR) is 91.9 cm³/mol. The van der Waals surface area contributed by atoms with Gasteiger partial charge in [-0.3, -0.25) is 24.3 Å². The van der Waals surface area contributed by atoms with Gasteiger partial charge < -0.3 is 4.90 Å². The Morgan fingerprint density at radius 1 is 1.40 bits per heavy atom. The highest BCUT2D eigenvalue weighted by atomic mass is 16.6. The molecular weight excluding hydrogens is 324 g/mol. The van der Waals surface area contributed by atoms with Gasteiger partial charge in [0.2, 0.25) is 5.91 Å². The Morgan fingerprint density at radius 2 is 2.08 bits per heavy atom. The maximum atomic E-state index is 12.6. The van der Waals surface area contributed by atoms with E-state index in [2.05, 4.69) is 10.2 Å². The van der Waals surface area contributed by atoms with Crippen molar-refractivity contribution >= 4 is 11.6 Å². The van der Waals surface area contributed by atoms with E-state index in [9.17, 15) is 14.9 Å². The fourth-order valence-corrected chi connectivity index (χ4v) is 2.83. The first-order valence-electron chi connectivity index (χ1n) is 8.20. The minimum atomic E-state index is -0.434. The van der Waals surface area contributed by atoms with E-state index in [1.54, 1.807) is 32.7 Å². The van der Waals surface area contributed by atoms with Crippen molar-refractivity contribution in [1.82, 2.24) is 24.5 Å². The fraction of sp³-hybridized carbons (Fsp3) is 0.562. The highest BCUT2D eigenvalue weighted by Crippen LogP contribution is 2.22. The minimum absolute atomic E-state index is 0.0121. The minimum Gasteiger partial charge on any atom is -0.339 e. The van der Waals surface area contributed by atoms with Crippen LogP contribution in [0.5, 0.6) is 0 Å². The van der Waals surface area contributed by atoms with Crippen molar-refractivity contribution in [2.24, 2.45) is 5.92 Å². The number of rotatable bonds is 7. The molecule has 0 spiro atoms. The van der Waals surface area contributed by atoms with Gasteiger partial charge in [-0.25, -0.2) is 0 Å². The topological polar surface area (TPSA) is 99.1 Å². The smallest absolute Gasteiger partial charge is 0.312 e. The molecule has 9 heteroatoms. The summed E-state index contributed by atoms with van der Waals surface area (Å²) in [5.74, 6) is -0.405. The van der Waals surface area contributed by atoms with Crippen LogP contribution in [0.4, 0.5) is 5.69 Å². The lowest BCUT2D eigenvalue weighted by atomic mass is 10.1. The molecule has 25 heavy (non-hydrogen) atoms. The van der Waals surface area contributed by atoms with Gasteiger partial charge in [-0.2, -0.15) is 10.2 Å². The molecule has 0 aliphatic carbocycles. The van der Waals surface area contributed by atoms with Gasteiger partial charge in [0.05, 0.1) is 29.6 Å². The first kappa shape index (κ1) is 18.6. The number of hydrogen-bond donors (Lipinski definition) is 0. The second kappa shape index (κ2) is 7.45. The first-order chi connectivity index (χ1) is 11.7. The van der Waals surface area contributed by atoms with Crippen LogP contribution in [0.2, 0.25) is 0 Å². The Kier molecular flexibility index (Phi) is 5.55. The lowest BCUT2D eigenvalue weighted by Crippen LogP contribution is -2.33. The molecule has 0 aromatic carbocycles. The molecule has 2 aromatic rings. The number of nitrogens with zero attached hydrogens (tertiary/aromatic N) is 6. The van der Waals surface area contributed by atoms with Gasteiger partial charge in [0.15, 0.2) is 0 Å². The van der Waals surface area contributed by atoms with E-state index < -0.39 is 4.92 Å². The average molecular weight is 348 g/mol. The van der Waals surface area contributed by atoms with Gasteiger partial charge in [0.1, 0.15) is 11.4 Å². The van der Waals surface area contributed by atoms with Crippen molar-refractivity contribution in [3.05, 3.63) is 39.5 Å². The Hall–Kier alpha value is -2.71. The molecule has 136 valence electrons. The van der Waals surface area contributed by atoms with E-state index in [1.807, 2.05) is 23.9 Å². The summed E-state index contributed by atoms with van der Waals surface area (Å²) in [6.45, 7) is 8.55. The van der Waals surface area contributed by atoms with Crippen LogP contribution in [-0.2, 0) is 24.4 Å². The van der Waals surface area contributed by atoms with Crippen LogP contribution in [-0.4, -0.2) is 42.3 Å². The van der Waals surface area contributed by atoms with E-state index in [4.69, 9.17) is 0 Å². The summed E-state index contributed by atoms with van der Waals surface area (Å²) >= 11 is 0. The van der Waals surface area contributed by atoms with Gasteiger partial charge in [-0.15, -0.1) is 0 Å². The van der Waals surface area contributed by atoms with Gasteiger partial charge in [-0.1, -0.05) is 6.92 Å². The normalized spacial score (nSPS) is 12.2. The maximum absolute atomic E-state index is 12.6. The molecule has 1 unspecified atom stereocenters. The molecule has 0 bridgehead atoms. The molecule has 9 nitrogen and oxygen atoms in total. The van der Waals surface area contributed by atoms with Crippen LogP contribution in [0.3, 0.4) is 0 Å². The molecular formula is C16H24N6O3. The van der Waals surface area contributed by atoms with E-state index in [0.29, 0.717) is 24.5 Å². The molecule has 0 saturated carbocycles. The SMILES string of the molecule is CCn1ccc(CN(C)C(=O)C(C)Cn2nc(C)c([N+](=O)[O-])c2C)n1. The molecule has 2 rings (SSSR count). The van der Waals surface area contributed by atoms with Gasteiger partial charge in [-0.05, 0) is 26.8 Å². The van der Waals surface area contributed by atoms with Crippen molar-refractivity contribution in [3.8, 4) is 0 Å². The summed E-state index contributed by atoms with van der Waals surface area (Å²) in [6.07, 6.45) is 1.88. The van der Waals surface area contributed by atoms with E-state index in [1.165, 1.54) is 4.68 Å². The van der Waals surface area contributed by atoms with Crippen molar-refractivity contribution in [1.29, 1.82) is 0 Å². The second-order valence-electron chi connectivity index (χ2n) is 6.22. The summed E-state index contributed by atoms with van der Waals surface area (Å²) in [5, 5.41) is 19.7. The van der Waals surface area contributed by atoms with Gasteiger partial charge in [0, 0.05) is 19.8 Å². The van der Waals surface area contributed by atoms with Crippen molar-refractivity contribution in [2.75, 3.05) is 7.05 Å². The molecule has 1 atom stereocenters. The Balaban J connectivity index is 2.04. The summed E-state index contributed by atoms with van der Waals surface area (Å²) in [5.41, 5.74) is 1.66. The lowest BCUT2D eigenvalue weighted by Gasteiger charge is -2.21. The van der Waals surface area contributed by atoms with Crippen LogP contribution < -0.4 is 0 Å². The van der Waals surface area contributed by atoms with Crippen molar-refractivity contribution < 1.29 is 9.72 Å². The third kappa shape index (κ3) is 4.04.